The molecule has 2 atom stereocenters. The van der Waals surface area contributed by atoms with Gasteiger partial charge in [0.25, 0.3) is 5.91 Å². The summed E-state index contributed by atoms with van der Waals surface area (Å²) in [7, 11) is 1.34. The van der Waals surface area contributed by atoms with Crippen LogP contribution in [0, 0.1) is 5.82 Å². The van der Waals surface area contributed by atoms with Crippen LogP contribution in [-0.4, -0.2) is 60.7 Å². The number of rotatable bonds is 9. The van der Waals surface area contributed by atoms with E-state index in [1.54, 1.807) is 6.92 Å². The molecule has 6 N–H and O–H groups in total. The number of alkyl halides is 3. The minimum atomic E-state index is -5.28. The van der Waals surface area contributed by atoms with E-state index in [2.05, 4.69) is 15.6 Å². The summed E-state index contributed by atoms with van der Waals surface area (Å²) in [5.74, 6) is -1.14. The number of halogens is 4. The van der Waals surface area contributed by atoms with Gasteiger partial charge in [-0.3, -0.25) is 4.79 Å². The summed E-state index contributed by atoms with van der Waals surface area (Å²) in [5, 5.41) is 25.1. The van der Waals surface area contributed by atoms with Crippen molar-refractivity contribution in [2.24, 2.45) is 5.73 Å². The number of aromatic nitrogens is 1. The van der Waals surface area contributed by atoms with E-state index in [0.29, 0.717) is 5.69 Å². The van der Waals surface area contributed by atoms with E-state index >= 15 is 0 Å². The van der Waals surface area contributed by atoms with Crippen LogP contribution in [0.3, 0.4) is 0 Å². The van der Waals surface area contributed by atoms with Crippen molar-refractivity contribution in [1.29, 1.82) is 0 Å². The third-order valence-electron chi connectivity index (χ3n) is 6.51. The molecule has 1 aliphatic rings. The van der Waals surface area contributed by atoms with E-state index in [1.165, 1.54) is 37.4 Å². The molecule has 1 aliphatic heterocycles. The number of carbonyl (C=O) groups is 1. The fourth-order valence-electron chi connectivity index (χ4n) is 4.23. The number of nitrogens with one attached hydrogen (secondary N) is 2. The second-order valence-corrected chi connectivity index (χ2v) is 9.55. The molecule has 13 heteroatoms. The van der Waals surface area contributed by atoms with Crippen LogP contribution in [0.2, 0.25) is 0 Å². The lowest BCUT2D eigenvalue weighted by Gasteiger charge is -2.31. The van der Waals surface area contributed by atoms with Crippen LogP contribution in [0.4, 0.5) is 23.2 Å². The van der Waals surface area contributed by atoms with Crippen molar-refractivity contribution in [3.63, 3.8) is 0 Å². The number of carbonyl (C=O) groups excluding carboxylic acids is 1. The Morgan fingerprint density at radius 3 is 2.52 bits per heavy atom. The lowest BCUT2D eigenvalue weighted by molar-refractivity contribution is -0.265. The van der Waals surface area contributed by atoms with E-state index in [-0.39, 0.29) is 53.6 Å². The summed E-state index contributed by atoms with van der Waals surface area (Å²) in [5.41, 5.74) is 1.39. The number of nitrogens with zero attached hydrogens (tertiary/aromatic N) is 1. The van der Waals surface area contributed by atoms with Crippen LogP contribution in [0.1, 0.15) is 28.5 Å². The molecule has 4 rings (SSSR count). The molecule has 214 valence electrons. The third-order valence-corrected chi connectivity index (χ3v) is 6.51. The Balaban J connectivity index is 1.71. The van der Waals surface area contributed by atoms with Gasteiger partial charge in [0.2, 0.25) is 5.60 Å². The van der Waals surface area contributed by atoms with Crippen LogP contribution >= 0.6 is 0 Å². The van der Waals surface area contributed by atoms with Crippen molar-refractivity contribution < 1.29 is 42.0 Å². The number of hydrogen-bond donors (Lipinski definition) is 5. The molecule has 1 amide bonds. The maximum atomic E-state index is 14.5. The van der Waals surface area contributed by atoms with Gasteiger partial charge >= 0.3 is 6.18 Å². The molecule has 0 bridgehead atoms. The predicted octanol–water partition coefficient (Wildman–Crippen LogP) is 3.05. The molecule has 9 nitrogen and oxygen atoms in total. The number of methoxy groups -OCH3 is 1. The molecule has 0 spiro atoms. The SMILES string of the molecule is COc1cc(C(=O)NCC(O)(c2cc3c(c(-c4ccc(F)cc4)n2)OCC3(C)N)C(F)(F)F)ccc1NCCO. The Hall–Kier alpha value is -3.94. The van der Waals surface area contributed by atoms with Gasteiger partial charge in [0.15, 0.2) is 5.75 Å². The Kier molecular flexibility index (Phi) is 7.92. The lowest BCUT2D eigenvalue weighted by atomic mass is 9.89. The standard InChI is InChI=1S/C27H28F4N4O5/c1-25(32)14-40-23-18(25)12-21(35-22(23)15-3-6-17(28)7-4-15)26(38,27(29,30)31)13-34-24(37)16-5-8-19(33-9-10-36)20(11-16)39-2/h3-8,11-12,33,36,38H,9-10,13-14,32H2,1-2H3,(H,34,37). The van der Waals surface area contributed by atoms with Crippen LogP contribution in [-0.2, 0) is 11.1 Å². The van der Waals surface area contributed by atoms with Crippen molar-refractivity contribution >= 4 is 11.6 Å². The van der Waals surface area contributed by atoms with E-state index in [9.17, 15) is 27.5 Å². The highest BCUT2D eigenvalue weighted by Gasteiger charge is 2.57. The summed E-state index contributed by atoms with van der Waals surface area (Å²) in [6, 6.07) is 10.00. The molecule has 0 saturated carbocycles. The number of nitrogens with two attached hydrogens (primary N) is 1. The number of ether oxygens (including phenoxy) is 2. The minimum Gasteiger partial charge on any atom is -0.495 e. The van der Waals surface area contributed by atoms with Crippen molar-refractivity contribution in [3.05, 3.63) is 71.2 Å². The van der Waals surface area contributed by atoms with Crippen LogP contribution in [0.25, 0.3) is 11.3 Å². The van der Waals surface area contributed by atoms with E-state index in [1.807, 2.05) is 0 Å². The first-order valence-electron chi connectivity index (χ1n) is 12.1. The normalized spacial score (nSPS) is 17.9. The number of hydrogen-bond acceptors (Lipinski definition) is 8. The van der Waals surface area contributed by atoms with Crippen molar-refractivity contribution in [3.8, 4) is 22.8 Å². The number of pyridine rings is 1. The minimum absolute atomic E-state index is 0.0345. The average molecular weight is 565 g/mol. The summed E-state index contributed by atoms with van der Waals surface area (Å²) in [4.78, 5) is 16.9. The fraction of sp³-hybridized carbons (Fsp3) is 0.333. The summed E-state index contributed by atoms with van der Waals surface area (Å²) < 4.78 is 67.8. The summed E-state index contributed by atoms with van der Waals surface area (Å²) in [6.07, 6.45) is -5.28. The van der Waals surface area contributed by atoms with Gasteiger partial charge in [-0.05, 0) is 55.5 Å². The predicted molar refractivity (Wildman–Crippen MR) is 138 cm³/mol. The third kappa shape index (κ3) is 5.53. The molecule has 0 radical (unpaired) electrons. The molecular weight excluding hydrogens is 536 g/mol. The fourth-order valence-corrected chi connectivity index (χ4v) is 4.23. The monoisotopic (exact) mass is 564 g/mol. The van der Waals surface area contributed by atoms with Crippen LogP contribution < -0.4 is 25.8 Å². The van der Waals surface area contributed by atoms with E-state index in [4.69, 9.17) is 20.3 Å². The largest absolute Gasteiger partial charge is 0.495 e. The van der Waals surface area contributed by atoms with Gasteiger partial charge in [0.1, 0.15) is 23.9 Å². The Bertz CT molecular complexity index is 1400. The Labute approximate surface area is 226 Å². The van der Waals surface area contributed by atoms with Crippen LogP contribution in [0.5, 0.6) is 11.5 Å². The summed E-state index contributed by atoms with van der Waals surface area (Å²) >= 11 is 0. The highest BCUT2D eigenvalue weighted by atomic mass is 19.4. The maximum absolute atomic E-state index is 14.5. The molecule has 2 aromatic carbocycles. The first-order valence-corrected chi connectivity index (χ1v) is 12.1. The van der Waals surface area contributed by atoms with Gasteiger partial charge in [-0.1, -0.05) is 0 Å². The van der Waals surface area contributed by atoms with Gasteiger partial charge in [0, 0.05) is 23.2 Å². The second kappa shape index (κ2) is 10.9. The number of fused-ring (bicyclic) bond motifs is 1. The second-order valence-electron chi connectivity index (χ2n) is 9.55. The zero-order chi connectivity index (χ0) is 29.3. The molecule has 40 heavy (non-hydrogen) atoms. The molecule has 0 aliphatic carbocycles. The van der Waals surface area contributed by atoms with Crippen molar-refractivity contribution in [2.45, 2.75) is 24.2 Å². The van der Waals surface area contributed by atoms with Gasteiger partial charge in [-0.25, -0.2) is 9.37 Å². The molecule has 0 saturated heterocycles. The van der Waals surface area contributed by atoms with Gasteiger partial charge < -0.3 is 36.1 Å². The van der Waals surface area contributed by atoms with Gasteiger partial charge in [-0.2, -0.15) is 13.2 Å². The highest BCUT2D eigenvalue weighted by Crippen LogP contribution is 2.46. The number of benzene rings is 2. The molecule has 3 aromatic rings. The smallest absolute Gasteiger partial charge is 0.424 e. The first kappa shape index (κ1) is 29.1. The quantitative estimate of drug-likeness (QED) is 0.250. The van der Waals surface area contributed by atoms with Crippen molar-refractivity contribution in [1.82, 2.24) is 10.3 Å². The molecule has 0 fully saturated rings. The topological polar surface area (TPSA) is 139 Å². The maximum Gasteiger partial charge on any atom is 0.424 e. The van der Waals surface area contributed by atoms with E-state index in [0.717, 1.165) is 18.2 Å². The lowest BCUT2D eigenvalue weighted by Crippen LogP contribution is -2.51. The zero-order valence-corrected chi connectivity index (χ0v) is 21.6. The molecule has 2 heterocycles. The number of anilines is 1. The summed E-state index contributed by atoms with van der Waals surface area (Å²) in [6.45, 7) is 0.266. The average Bonchev–Trinajstić information content (AvgIpc) is 3.23. The Morgan fingerprint density at radius 1 is 1.20 bits per heavy atom. The van der Waals surface area contributed by atoms with Gasteiger partial charge in [0.05, 0.1) is 37.2 Å². The number of aliphatic hydroxyl groups is 2. The van der Waals surface area contributed by atoms with Crippen molar-refractivity contribution in [2.75, 3.05) is 38.7 Å². The Morgan fingerprint density at radius 2 is 1.90 bits per heavy atom. The number of amides is 1. The molecule has 2 unspecified atom stereocenters. The van der Waals surface area contributed by atoms with Gasteiger partial charge in [-0.15, -0.1) is 0 Å². The van der Waals surface area contributed by atoms with Crippen LogP contribution in [0.15, 0.2) is 48.5 Å². The molecular formula is C27H28F4N4O5. The first-order chi connectivity index (χ1) is 18.8. The highest BCUT2D eigenvalue weighted by molar-refractivity contribution is 5.95. The molecule has 1 aromatic heterocycles. The number of aliphatic hydroxyl groups excluding tert-OH is 1. The zero-order valence-electron chi connectivity index (χ0n) is 21.6. The van der Waals surface area contributed by atoms with E-state index < -0.39 is 41.3 Å².